The number of anilines is 1. The number of pyridine rings is 1. The lowest BCUT2D eigenvalue weighted by molar-refractivity contribution is 0.0216. The van der Waals surface area contributed by atoms with E-state index in [-0.39, 0.29) is 11.4 Å². The number of carbonyl (C=O) groups excluding carboxylic acids is 1. The van der Waals surface area contributed by atoms with Crippen LogP contribution >= 0.6 is 11.6 Å². The van der Waals surface area contributed by atoms with Crippen molar-refractivity contribution in [1.29, 1.82) is 0 Å². The number of ether oxygens (including phenoxy) is 2. The molecule has 2 aliphatic rings. The molecule has 2 fully saturated rings. The highest BCUT2D eigenvalue weighted by molar-refractivity contribution is 6.28. The minimum absolute atomic E-state index is 0.207. The van der Waals surface area contributed by atoms with Crippen LogP contribution in [-0.4, -0.2) is 70.9 Å². The zero-order valence-corrected chi connectivity index (χ0v) is 17.6. The van der Waals surface area contributed by atoms with Crippen molar-refractivity contribution in [1.82, 2.24) is 19.9 Å². The van der Waals surface area contributed by atoms with E-state index >= 15 is 0 Å². The van der Waals surface area contributed by atoms with E-state index < -0.39 is 5.60 Å². The maximum atomic E-state index is 12.1. The Morgan fingerprint density at radius 2 is 1.90 bits per heavy atom. The molecule has 0 spiro atoms. The first-order valence-electron chi connectivity index (χ1n) is 9.63. The Morgan fingerprint density at radius 3 is 2.59 bits per heavy atom. The third-order valence-electron chi connectivity index (χ3n) is 4.62. The second-order valence-electron chi connectivity index (χ2n) is 8.16. The van der Waals surface area contributed by atoms with E-state index in [1.165, 1.54) is 0 Å². The molecule has 1 amide bonds. The van der Waals surface area contributed by atoms with Crippen LogP contribution in [0.25, 0.3) is 17.1 Å². The zero-order valence-electron chi connectivity index (χ0n) is 16.8. The van der Waals surface area contributed by atoms with Gasteiger partial charge in [-0.25, -0.2) is 14.8 Å². The number of hydrogen-bond donors (Lipinski definition) is 0. The van der Waals surface area contributed by atoms with Crippen LogP contribution in [0.2, 0.25) is 5.28 Å². The highest BCUT2D eigenvalue weighted by Gasteiger charge is 2.29. The first kappa shape index (κ1) is 19.8. The monoisotopic (exact) mass is 417 g/mol. The number of morpholine rings is 1. The maximum Gasteiger partial charge on any atom is 0.410 e. The average molecular weight is 418 g/mol. The fourth-order valence-electron chi connectivity index (χ4n) is 3.26. The highest BCUT2D eigenvalue weighted by atomic mass is 35.5. The maximum absolute atomic E-state index is 12.1. The average Bonchev–Trinajstić information content (AvgIpc) is 2.63. The molecule has 0 aliphatic carbocycles. The smallest absolute Gasteiger partial charge is 0.410 e. The van der Waals surface area contributed by atoms with Gasteiger partial charge in [-0.15, -0.1) is 0 Å². The van der Waals surface area contributed by atoms with E-state index in [9.17, 15) is 4.79 Å². The van der Waals surface area contributed by atoms with Gasteiger partial charge in [-0.2, -0.15) is 4.98 Å². The molecule has 2 saturated heterocycles. The van der Waals surface area contributed by atoms with Crippen molar-refractivity contribution >= 4 is 40.6 Å². The molecule has 2 aromatic heterocycles. The van der Waals surface area contributed by atoms with Crippen LogP contribution in [0.4, 0.5) is 10.6 Å². The third-order valence-corrected chi connectivity index (χ3v) is 4.79. The lowest BCUT2D eigenvalue weighted by Gasteiger charge is -2.35. The Bertz CT molecular complexity index is 958. The number of halogens is 1. The summed E-state index contributed by atoms with van der Waals surface area (Å²) in [4.78, 5) is 29.4. The fourth-order valence-corrected chi connectivity index (χ4v) is 3.43. The van der Waals surface area contributed by atoms with E-state index in [1.54, 1.807) is 4.90 Å². The number of carbonyl (C=O) groups is 1. The Morgan fingerprint density at radius 1 is 1.17 bits per heavy atom. The Labute approximate surface area is 174 Å². The van der Waals surface area contributed by atoms with Crippen LogP contribution in [0.3, 0.4) is 0 Å². The quantitative estimate of drug-likeness (QED) is 0.694. The normalized spacial score (nSPS) is 17.3. The van der Waals surface area contributed by atoms with Gasteiger partial charge < -0.3 is 19.3 Å². The van der Waals surface area contributed by atoms with Gasteiger partial charge in [0.05, 0.1) is 24.4 Å². The summed E-state index contributed by atoms with van der Waals surface area (Å²) < 4.78 is 10.8. The van der Waals surface area contributed by atoms with E-state index in [0.29, 0.717) is 37.3 Å². The highest BCUT2D eigenvalue weighted by Crippen LogP contribution is 2.26. The fraction of sp³-hybridized carbons (Fsp3) is 0.500. The van der Waals surface area contributed by atoms with Crippen LogP contribution in [0, 0.1) is 0 Å². The summed E-state index contributed by atoms with van der Waals surface area (Å²) in [5, 5.41) is 0.207. The molecular weight excluding hydrogens is 394 g/mol. The lowest BCUT2D eigenvalue weighted by Crippen LogP contribution is -2.46. The summed E-state index contributed by atoms with van der Waals surface area (Å²) in [7, 11) is 0. The van der Waals surface area contributed by atoms with Crippen LogP contribution < -0.4 is 4.90 Å². The molecular formula is C20H24ClN5O3. The molecule has 29 heavy (non-hydrogen) atoms. The van der Waals surface area contributed by atoms with Gasteiger partial charge in [0.1, 0.15) is 11.1 Å². The first-order valence-corrected chi connectivity index (χ1v) is 10.0. The lowest BCUT2D eigenvalue weighted by atomic mass is 10.1. The topological polar surface area (TPSA) is 80.7 Å². The van der Waals surface area contributed by atoms with Gasteiger partial charge in [0, 0.05) is 26.2 Å². The molecule has 4 heterocycles. The zero-order chi connectivity index (χ0) is 20.6. The summed E-state index contributed by atoms with van der Waals surface area (Å²) >= 11 is 6.12. The molecule has 0 radical (unpaired) electrons. The number of nitrogens with zero attached hydrogens (tertiary/aromatic N) is 5. The van der Waals surface area contributed by atoms with E-state index in [0.717, 1.165) is 30.2 Å². The number of hydrogen-bond acceptors (Lipinski definition) is 7. The van der Waals surface area contributed by atoms with E-state index in [2.05, 4.69) is 14.9 Å². The van der Waals surface area contributed by atoms with Crippen LogP contribution in [0.1, 0.15) is 26.5 Å². The molecule has 2 aromatic rings. The summed E-state index contributed by atoms with van der Waals surface area (Å²) in [6, 6.07) is 3.80. The molecule has 0 saturated carbocycles. The van der Waals surface area contributed by atoms with Crippen molar-refractivity contribution in [2.75, 3.05) is 44.3 Å². The number of likely N-dealkylation sites (tertiary alicyclic amines) is 1. The van der Waals surface area contributed by atoms with Gasteiger partial charge >= 0.3 is 6.09 Å². The number of amides is 1. The molecule has 0 N–H and O–H groups in total. The van der Waals surface area contributed by atoms with Crippen LogP contribution in [0.5, 0.6) is 0 Å². The predicted octanol–water partition coefficient (Wildman–Crippen LogP) is 3.15. The van der Waals surface area contributed by atoms with Gasteiger partial charge in [0.15, 0.2) is 5.82 Å². The molecule has 2 aliphatic heterocycles. The molecule has 8 nitrogen and oxygen atoms in total. The van der Waals surface area contributed by atoms with Gasteiger partial charge in [0.2, 0.25) is 5.28 Å². The summed E-state index contributed by atoms with van der Waals surface area (Å²) in [5.41, 5.74) is 2.85. The number of rotatable bonds is 2. The Hall–Kier alpha value is -2.45. The molecule has 154 valence electrons. The summed E-state index contributed by atoms with van der Waals surface area (Å²) in [6.07, 6.45) is 1.71. The largest absolute Gasteiger partial charge is 0.444 e. The van der Waals surface area contributed by atoms with Crippen LogP contribution in [0.15, 0.2) is 17.7 Å². The van der Waals surface area contributed by atoms with E-state index in [4.69, 9.17) is 26.1 Å². The number of aromatic nitrogens is 3. The summed E-state index contributed by atoms with van der Waals surface area (Å²) in [5.74, 6) is 0.729. The second-order valence-corrected chi connectivity index (χ2v) is 8.50. The SMILES string of the molecule is CC(C)(C)OC(=O)N1CC(=Cc2ccc3nc(Cl)nc(N4CCOCC4)c3n2)C1. The summed E-state index contributed by atoms with van der Waals surface area (Å²) in [6.45, 7) is 9.44. The van der Waals surface area contributed by atoms with Gasteiger partial charge in [0.25, 0.3) is 0 Å². The standard InChI is InChI=1S/C20H24ClN5O3/c1-20(2,3)29-19(27)26-11-13(12-26)10-14-4-5-15-16(22-14)17(24-18(21)23-15)25-6-8-28-9-7-25/h4-5,10H,6-9,11-12H2,1-3H3. The first-order chi connectivity index (χ1) is 13.8. The van der Waals surface area contributed by atoms with Gasteiger partial charge in [-0.1, -0.05) is 0 Å². The van der Waals surface area contributed by atoms with Crippen molar-refractivity contribution in [2.24, 2.45) is 0 Å². The second kappa shape index (κ2) is 7.76. The van der Waals surface area contributed by atoms with Crippen molar-refractivity contribution in [3.63, 3.8) is 0 Å². The van der Waals surface area contributed by atoms with Gasteiger partial charge in [-0.05, 0) is 56.2 Å². The molecule has 0 unspecified atom stereocenters. The van der Waals surface area contributed by atoms with Crippen LogP contribution in [-0.2, 0) is 9.47 Å². The predicted molar refractivity (Wildman–Crippen MR) is 111 cm³/mol. The minimum atomic E-state index is -0.492. The van der Waals surface area contributed by atoms with E-state index in [1.807, 2.05) is 39.0 Å². The third kappa shape index (κ3) is 4.59. The molecule has 4 rings (SSSR count). The van der Waals surface area contributed by atoms with Crippen molar-refractivity contribution in [3.8, 4) is 0 Å². The van der Waals surface area contributed by atoms with Crippen molar-refractivity contribution in [2.45, 2.75) is 26.4 Å². The molecule has 0 bridgehead atoms. The molecule has 0 aromatic carbocycles. The molecule has 0 atom stereocenters. The Balaban J connectivity index is 1.54. The van der Waals surface area contributed by atoms with Crippen molar-refractivity contribution in [3.05, 3.63) is 28.7 Å². The van der Waals surface area contributed by atoms with Gasteiger partial charge in [-0.3, -0.25) is 0 Å². The molecule has 9 heteroatoms. The van der Waals surface area contributed by atoms with Crippen molar-refractivity contribution < 1.29 is 14.3 Å². The minimum Gasteiger partial charge on any atom is -0.444 e. The Kier molecular flexibility index (Phi) is 5.31. The number of fused-ring (bicyclic) bond motifs is 1.